The first-order valence-electron chi connectivity index (χ1n) is 5.64. The third kappa shape index (κ3) is 4.79. The molecule has 1 aliphatic heterocycles. The van der Waals surface area contributed by atoms with Crippen molar-refractivity contribution in [3.63, 3.8) is 0 Å². The number of carbonyl (C=O) groups excluding carboxylic acids is 2. The first kappa shape index (κ1) is 16.0. The third-order valence-electron chi connectivity index (χ3n) is 2.58. The molecule has 0 bridgehead atoms. The molecule has 0 saturated carbocycles. The maximum Gasteiger partial charge on any atom is 0.317 e. The highest BCUT2D eigenvalue weighted by Crippen LogP contribution is 2.02. The van der Waals surface area contributed by atoms with Gasteiger partial charge in [0, 0.05) is 32.7 Å². The lowest BCUT2D eigenvalue weighted by atomic mass is 10.3. The highest BCUT2D eigenvalue weighted by atomic mass is 35.5. The Hall–Kier alpha value is -1.01. The average Bonchev–Trinajstić information content (AvgIpc) is 2.30. The van der Waals surface area contributed by atoms with Crippen molar-refractivity contribution >= 4 is 24.3 Å². The molecule has 0 unspecified atom stereocenters. The van der Waals surface area contributed by atoms with E-state index in [9.17, 15) is 9.59 Å². The van der Waals surface area contributed by atoms with Crippen LogP contribution in [0.5, 0.6) is 0 Å². The molecule has 3 amide bonds. The lowest BCUT2D eigenvalue weighted by molar-refractivity contribution is -0.131. The zero-order chi connectivity index (χ0) is 12.0. The van der Waals surface area contributed by atoms with Gasteiger partial charge in [0.1, 0.15) is 0 Å². The molecule has 2 N–H and O–H groups in total. The van der Waals surface area contributed by atoms with Gasteiger partial charge in [-0.1, -0.05) is 0 Å². The quantitative estimate of drug-likeness (QED) is 0.723. The molecule has 1 heterocycles. The first-order valence-corrected chi connectivity index (χ1v) is 5.64. The average molecular weight is 265 g/mol. The molecule has 1 rings (SSSR count). The van der Waals surface area contributed by atoms with Crippen LogP contribution in [0.1, 0.15) is 6.92 Å². The maximum atomic E-state index is 11.5. The van der Waals surface area contributed by atoms with Crippen molar-refractivity contribution in [1.82, 2.24) is 20.4 Å². The van der Waals surface area contributed by atoms with E-state index in [-0.39, 0.29) is 24.3 Å². The predicted octanol–water partition coefficient (Wildman–Crippen LogP) is -0.499. The summed E-state index contributed by atoms with van der Waals surface area (Å²) in [7, 11) is 1.75. The zero-order valence-electron chi connectivity index (χ0n) is 10.4. The van der Waals surface area contributed by atoms with Gasteiger partial charge in [0.2, 0.25) is 5.91 Å². The van der Waals surface area contributed by atoms with E-state index < -0.39 is 0 Å². The number of hydrogen-bond acceptors (Lipinski definition) is 3. The van der Waals surface area contributed by atoms with Gasteiger partial charge in [-0.3, -0.25) is 4.79 Å². The Morgan fingerprint density at radius 2 is 1.65 bits per heavy atom. The number of carbonyl (C=O) groups is 2. The van der Waals surface area contributed by atoms with Gasteiger partial charge in [0.05, 0.1) is 6.54 Å². The van der Waals surface area contributed by atoms with Gasteiger partial charge in [-0.05, 0) is 14.0 Å². The molecule has 0 radical (unpaired) electrons. The van der Waals surface area contributed by atoms with Gasteiger partial charge in [-0.25, -0.2) is 4.79 Å². The molecule has 0 atom stereocenters. The molecule has 7 heteroatoms. The fourth-order valence-electron chi connectivity index (χ4n) is 1.68. The Kier molecular flexibility index (Phi) is 7.65. The van der Waals surface area contributed by atoms with E-state index in [1.807, 2.05) is 6.92 Å². The lowest BCUT2D eigenvalue weighted by Crippen LogP contribution is -2.54. The first-order chi connectivity index (χ1) is 7.69. The summed E-state index contributed by atoms with van der Waals surface area (Å²) in [6.07, 6.45) is 0. The number of nitrogens with one attached hydrogen (secondary N) is 2. The Labute approximate surface area is 108 Å². The Morgan fingerprint density at radius 3 is 2.12 bits per heavy atom. The summed E-state index contributed by atoms with van der Waals surface area (Å²) < 4.78 is 0. The van der Waals surface area contributed by atoms with Crippen LogP contribution in [0.4, 0.5) is 4.79 Å². The van der Waals surface area contributed by atoms with E-state index in [0.717, 1.165) is 0 Å². The van der Waals surface area contributed by atoms with Crippen LogP contribution in [0.25, 0.3) is 0 Å². The van der Waals surface area contributed by atoms with E-state index in [1.165, 1.54) is 0 Å². The number of nitrogens with zero attached hydrogens (tertiary/aromatic N) is 2. The molecule has 1 fully saturated rings. The number of halogens is 1. The minimum Gasteiger partial charge on any atom is -0.338 e. The SMILES string of the molecule is CCNC(=O)N1CCN(C(=O)CNC)CC1.Cl. The smallest absolute Gasteiger partial charge is 0.317 e. The fourth-order valence-corrected chi connectivity index (χ4v) is 1.68. The topological polar surface area (TPSA) is 64.7 Å². The summed E-state index contributed by atoms with van der Waals surface area (Å²) in [5.74, 6) is 0.0954. The van der Waals surface area contributed by atoms with Crippen LogP contribution in [-0.4, -0.2) is 68.1 Å². The van der Waals surface area contributed by atoms with Crippen molar-refractivity contribution in [3.05, 3.63) is 0 Å². The molecule has 0 aromatic rings. The zero-order valence-corrected chi connectivity index (χ0v) is 11.2. The van der Waals surface area contributed by atoms with Gasteiger partial charge in [0.25, 0.3) is 0 Å². The van der Waals surface area contributed by atoms with Crippen molar-refractivity contribution in [2.24, 2.45) is 0 Å². The number of amides is 3. The van der Waals surface area contributed by atoms with Gasteiger partial charge in [-0.2, -0.15) is 0 Å². The predicted molar refractivity (Wildman–Crippen MR) is 68.4 cm³/mol. The molecule has 0 spiro atoms. The molecular formula is C10H21ClN4O2. The number of hydrogen-bond donors (Lipinski definition) is 2. The lowest BCUT2D eigenvalue weighted by Gasteiger charge is -2.34. The highest BCUT2D eigenvalue weighted by Gasteiger charge is 2.22. The second-order valence-electron chi connectivity index (χ2n) is 3.73. The van der Waals surface area contributed by atoms with Crippen LogP contribution < -0.4 is 10.6 Å². The van der Waals surface area contributed by atoms with Crippen molar-refractivity contribution < 1.29 is 9.59 Å². The number of likely N-dealkylation sites (N-methyl/N-ethyl adjacent to an activating group) is 1. The van der Waals surface area contributed by atoms with Gasteiger partial charge < -0.3 is 20.4 Å². The second kappa shape index (κ2) is 8.14. The van der Waals surface area contributed by atoms with E-state index >= 15 is 0 Å². The molecule has 17 heavy (non-hydrogen) atoms. The van der Waals surface area contributed by atoms with E-state index in [2.05, 4.69) is 10.6 Å². The molecule has 0 aromatic heterocycles. The number of urea groups is 1. The molecular weight excluding hydrogens is 244 g/mol. The maximum absolute atomic E-state index is 11.5. The van der Waals surface area contributed by atoms with Gasteiger partial charge >= 0.3 is 6.03 Å². The summed E-state index contributed by atoms with van der Waals surface area (Å²) in [6.45, 7) is 5.36. The van der Waals surface area contributed by atoms with Crippen molar-refractivity contribution in [1.29, 1.82) is 0 Å². The summed E-state index contributed by atoms with van der Waals surface area (Å²) in [6, 6.07) is -0.0387. The van der Waals surface area contributed by atoms with Crippen LogP contribution in [0.15, 0.2) is 0 Å². The van der Waals surface area contributed by atoms with Crippen LogP contribution in [0.3, 0.4) is 0 Å². The molecule has 0 aromatic carbocycles. The molecule has 100 valence electrons. The van der Waals surface area contributed by atoms with Crippen molar-refractivity contribution in [3.8, 4) is 0 Å². The third-order valence-corrected chi connectivity index (χ3v) is 2.58. The minimum absolute atomic E-state index is 0. The second-order valence-corrected chi connectivity index (χ2v) is 3.73. The summed E-state index contributed by atoms with van der Waals surface area (Å²) in [5, 5.41) is 5.59. The normalized spacial score (nSPS) is 15.2. The fraction of sp³-hybridized carbons (Fsp3) is 0.800. The molecule has 1 saturated heterocycles. The Morgan fingerprint density at radius 1 is 1.12 bits per heavy atom. The van der Waals surface area contributed by atoms with Crippen LogP contribution in [0.2, 0.25) is 0 Å². The van der Waals surface area contributed by atoms with E-state index in [1.54, 1.807) is 16.8 Å². The largest absolute Gasteiger partial charge is 0.338 e. The minimum atomic E-state index is -0.0387. The van der Waals surface area contributed by atoms with E-state index in [0.29, 0.717) is 39.3 Å². The molecule has 0 aliphatic carbocycles. The van der Waals surface area contributed by atoms with Crippen LogP contribution >= 0.6 is 12.4 Å². The summed E-state index contributed by atoms with van der Waals surface area (Å²) in [5.41, 5.74) is 0. The summed E-state index contributed by atoms with van der Waals surface area (Å²) in [4.78, 5) is 26.6. The summed E-state index contributed by atoms with van der Waals surface area (Å²) >= 11 is 0. The number of piperazine rings is 1. The van der Waals surface area contributed by atoms with Crippen LogP contribution in [-0.2, 0) is 4.79 Å². The van der Waals surface area contributed by atoms with Crippen molar-refractivity contribution in [2.45, 2.75) is 6.92 Å². The highest BCUT2D eigenvalue weighted by molar-refractivity contribution is 5.85. The molecule has 6 nitrogen and oxygen atoms in total. The van der Waals surface area contributed by atoms with Gasteiger partial charge in [0.15, 0.2) is 0 Å². The Bertz CT molecular complexity index is 229. The standard InChI is InChI=1S/C10H20N4O2.ClH/c1-3-12-10(16)14-6-4-13(5-7-14)9(15)8-11-2;/h11H,3-8H2,1-2H3,(H,12,16);1H. The van der Waals surface area contributed by atoms with Gasteiger partial charge in [-0.15, -0.1) is 12.4 Å². The Balaban J connectivity index is 0.00000256. The van der Waals surface area contributed by atoms with Crippen molar-refractivity contribution in [2.75, 3.05) is 46.3 Å². The number of rotatable bonds is 3. The monoisotopic (exact) mass is 264 g/mol. The van der Waals surface area contributed by atoms with Crippen LogP contribution in [0, 0.1) is 0 Å². The van der Waals surface area contributed by atoms with E-state index in [4.69, 9.17) is 0 Å². The molecule has 1 aliphatic rings.